The smallest absolute Gasteiger partial charge is 0.338 e. The van der Waals surface area contributed by atoms with Crippen LogP contribution in [-0.2, 0) is 11.2 Å². The second kappa shape index (κ2) is 6.65. The Kier molecular flexibility index (Phi) is 4.66. The Morgan fingerprint density at radius 3 is 2.57 bits per heavy atom. The summed E-state index contributed by atoms with van der Waals surface area (Å²) in [5.41, 5.74) is 2.11. The van der Waals surface area contributed by atoms with E-state index >= 15 is 0 Å². The third-order valence-corrected chi connectivity index (χ3v) is 3.15. The van der Waals surface area contributed by atoms with Crippen molar-refractivity contribution in [1.29, 1.82) is 0 Å². The van der Waals surface area contributed by atoms with Crippen LogP contribution in [0.15, 0.2) is 42.7 Å². The fourth-order valence-corrected chi connectivity index (χ4v) is 2.08. The summed E-state index contributed by atoms with van der Waals surface area (Å²) in [4.78, 5) is 27.1. The number of anilines is 1. The van der Waals surface area contributed by atoms with E-state index in [4.69, 9.17) is 0 Å². The van der Waals surface area contributed by atoms with Crippen molar-refractivity contribution in [2.45, 2.75) is 19.8 Å². The van der Waals surface area contributed by atoms with Crippen molar-refractivity contribution in [1.82, 2.24) is 4.98 Å². The van der Waals surface area contributed by atoms with Crippen LogP contribution in [0, 0.1) is 6.92 Å². The van der Waals surface area contributed by atoms with E-state index in [1.54, 1.807) is 37.5 Å². The number of rotatable bonds is 5. The van der Waals surface area contributed by atoms with Crippen molar-refractivity contribution in [3.8, 4) is 0 Å². The van der Waals surface area contributed by atoms with Gasteiger partial charge < -0.3 is 10.4 Å². The van der Waals surface area contributed by atoms with Crippen LogP contribution in [0.3, 0.4) is 0 Å². The number of hydrogen-bond acceptors (Lipinski definition) is 3. The quantitative estimate of drug-likeness (QED) is 0.884. The molecule has 0 radical (unpaired) electrons. The first-order valence-electron chi connectivity index (χ1n) is 6.59. The summed E-state index contributed by atoms with van der Waals surface area (Å²) < 4.78 is 0. The zero-order valence-corrected chi connectivity index (χ0v) is 11.7. The molecule has 0 saturated heterocycles. The number of carbonyl (C=O) groups is 2. The third kappa shape index (κ3) is 3.89. The highest BCUT2D eigenvalue weighted by Gasteiger charge is 2.14. The zero-order chi connectivity index (χ0) is 15.2. The summed E-state index contributed by atoms with van der Waals surface area (Å²) in [6, 6.07) is 8.72. The highest BCUT2D eigenvalue weighted by molar-refractivity contribution is 6.01. The molecular formula is C16H16N2O3. The van der Waals surface area contributed by atoms with Crippen LogP contribution in [0.5, 0.6) is 0 Å². The molecule has 5 heteroatoms. The zero-order valence-electron chi connectivity index (χ0n) is 11.7. The summed E-state index contributed by atoms with van der Waals surface area (Å²) in [7, 11) is 0. The maximum atomic E-state index is 12.0. The van der Waals surface area contributed by atoms with Crippen molar-refractivity contribution in [2.24, 2.45) is 0 Å². The Balaban J connectivity index is 2.03. The van der Waals surface area contributed by atoms with Crippen LogP contribution in [0.2, 0.25) is 0 Å². The molecular weight excluding hydrogens is 268 g/mol. The Bertz CT molecular complexity index is 654. The van der Waals surface area contributed by atoms with E-state index in [0.29, 0.717) is 17.7 Å². The van der Waals surface area contributed by atoms with Crippen LogP contribution in [0.1, 0.15) is 27.9 Å². The number of aromatic carboxylic acids is 1. The van der Waals surface area contributed by atoms with Gasteiger partial charge in [0.1, 0.15) is 0 Å². The van der Waals surface area contributed by atoms with E-state index in [2.05, 4.69) is 10.3 Å². The molecule has 1 aromatic carbocycles. The van der Waals surface area contributed by atoms with Crippen LogP contribution in [-0.4, -0.2) is 22.0 Å². The lowest BCUT2D eigenvalue weighted by Gasteiger charge is -2.10. The molecule has 0 aliphatic heterocycles. The third-order valence-electron chi connectivity index (χ3n) is 3.15. The highest BCUT2D eigenvalue weighted by Crippen LogP contribution is 2.19. The van der Waals surface area contributed by atoms with Gasteiger partial charge in [-0.05, 0) is 42.7 Å². The lowest BCUT2D eigenvalue weighted by molar-refractivity contribution is -0.116. The van der Waals surface area contributed by atoms with E-state index in [1.807, 2.05) is 12.1 Å². The Morgan fingerprint density at radius 2 is 1.90 bits per heavy atom. The summed E-state index contributed by atoms with van der Waals surface area (Å²) in [5, 5.41) is 11.9. The molecule has 0 fully saturated rings. The Morgan fingerprint density at radius 1 is 1.19 bits per heavy atom. The predicted molar refractivity (Wildman–Crippen MR) is 79.3 cm³/mol. The lowest BCUT2D eigenvalue weighted by atomic mass is 10.1. The van der Waals surface area contributed by atoms with E-state index < -0.39 is 5.97 Å². The van der Waals surface area contributed by atoms with Gasteiger partial charge in [0.25, 0.3) is 0 Å². The molecule has 0 bridgehead atoms. The molecule has 0 unspecified atom stereocenters. The molecule has 1 heterocycles. The number of carbonyl (C=O) groups excluding carboxylic acids is 1. The topological polar surface area (TPSA) is 79.3 Å². The molecule has 2 aromatic rings. The second-order valence-electron chi connectivity index (χ2n) is 4.71. The summed E-state index contributed by atoms with van der Waals surface area (Å²) in [5.74, 6) is -1.25. The van der Waals surface area contributed by atoms with Crippen LogP contribution >= 0.6 is 0 Å². The molecule has 0 aliphatic rings. The van der Waals surface area contributed by atoms with Gasteiger partial charge in [-0.3, -0.25) is 9.78 Å². The predicted octanol–water partition coefficient (Wildman–Crippen LogP) is 2.66. The van der Waals surface area contributed by atoms with Gasteiger partial charge in [-0.1, -0.05) is 12.1 Å². The molecule has 0 aliphatic carbocycles. The van der Waals surface area contributed by atoms with Crippen molar-refractivity contribution in [3.05, 3.63) is 59.4 Å². The number of carboxylic acids is 1. The molecule has 1 amide bonds. The molecule has 5 nitrogen and oxygen atoms in total. The van der Waals surface area contributed by atoms with E-state index in [9.17, 15) is 14.7 Å². The minimum atomic E-state index is -1.04. The number of pyridine rings is 1. The molecule has 0 saturated carbocycles. The van der Waals surface area contributed by atoms with Crippen LogP contribution in [0.25, 0.3) is 0 Å². The molecule has 0 spiro atoms. The number of amides is 1. The molecule has 0 atom stereocenters. The minimum Gasteiger partial charge on any atom is -0.478 e. The number of nitrogens with one attached hydrogen (secondary N) is 1. The standard InChI is InChI=1S/C16H16N2O3/c1-11-3-2-4-13(15(11)16(20)21)18-14(19)6-5-12-7-9-17-10-8-12/h2-4,7-10H,5-6H2,1H3,(H,18,19)(H,20,21). The largest absolute Gasteiger partial charge is 0.478 e. The maximum Gasteiger partial charge on any atom is 0.338 e. The number of aryl methyl sites for hydroxylation is 2. The van der Waals surface area contributed by atoms with E-state index in [1.165, 1.54) is 0 Å². The van der Waals surface area contributed by atoms with Crippen molar-refractivity contribution < 1.29 is 14.7 Å². The molecule has 1 aromatic heterocycles. The Labute approximate surface area is 122 Å². The molecule has 21 heavy (non-hydrogen) atoms. The summed E-state index contributed by atoms with van der Waals surface area (Å²) >= 11 is 0. The van der Waals surface area contributed by atoms with Gasteiger partial charge in [-0.2, -0.15) is 0 Å². The highest BCUT2D eigenvalue weighted by atomic mass is 16.4. The average Bonchev–Trinajstić information content (AvgIpc) is 2.46. The number of nitrogens with zero attached hydrogens (tertiary/aromatic N) is 1. The van der Waals surface area contributed by atoms with Crippen LogP contribution < -0.4 is 5.32 Å². The Hall–Kier alpha value is -2.69. The average molecular weight is 284 g/mol. The van der Waals surface area contributed by atoms with Gasteiger partial charge in [0.05, 0.1) is 11.3 Å². The fraction of sp³-hybridized carbons (Fsp3) is 0.188. The minimum absolute atomic E-state index is 0.134. The normalized spacial score (nSPS) is 10.1. The number of carboxylic acid groups (broad SMARTS) is 1. The number of benzene rings is 1. The van der Waals surface area contributed by atoms with Gasteiger partial charge in [0.2, 0.25) is 5.91 Å². The SMILES string of the molecule is Cc1cccc(NC(=O)CCc2ccncc2)c1C(=O)O. The van der Waals surface area contributed by atoms with Gasteiger partial charge in [0.15, 0.2) is 0 Å². The first-order valence-corrected chi connectivity index (χ1v) is 6.59. The van der Waals surface area contributed by atoms with Crippen molar-refractivity contribution >= 4 is 17.6 Å². The summed E-state index contributed by atoms with van der Waals surface area (Å²) in [6.07, 6.45) is 4.23. The van der Waals surface area contributed by atoms with Gasteiger partial charge in [-0.25, -0.2) is 4.79 Å². The van der Waals surface area contributed by atoms with Gasteiger partial charge in [0, 0.05) is 18.8 Å². The summed E-state index contributed by atoms with van der Waals surface area (Å²) in [6.45, 7) is 1.70. The number of aromatic nitrogens is 1. The first-order chi connectivity index (χ1) is 10.1. The van der Waals surface area contributed by atoms with E-state index in [-0.39, 0.29) is 17.9 Å². The fourth-order valence-electron chi connectivity index (χ4n) is 2.08. The van der Waals surface area contributed by atoms with E-state index in [0.717, 1.165) is 5.56 Å². The van der Waals surface area contributed by atoms with Gasteiger partial charge in [-0.15, -0.1) is 0 Å². The monoisotopic (exact) mass is 284 g/mol. The van der Waals surface area contributed by atoms with Crippen molar-refractivity contribution in [3.63, 3.8) is 0 Å². The van der Waals surface area contributed by atoms with Crippen molar-refractivity contribution in [2.75, 3.05) is 5.32 Å². The molecule has 2 N–H and O–H groups in total. The van der Waals surface area contributed by atoms with Crippen LogP contribution in [0.4, 0.5) is 5.69 Å². The second-order valence-corrected chi connectivity index (χ2v) is 4.71. The first kappa shape index (κ1) is 14.7. The van der Waals surface area contributed by atoms with Gasteiger partial charge >= 0.3 is 5.97 Å². The maximum absolute atomic E-state index is 12.0. The molecule has 108 valence electrons. The molecule has 2 rings (SSSR count). The number of hydrogen-bond donors (Lipinski definition) is 2. The lowest BCUT2D eigenvalue weighted by Crippen LogP contribution is -2.15.